The lowest BCUT2D eigenvalue weighted by molar-refractivity contribution is 0.620. The van der Waals surface area contributed by atoms with Crippen molar-refractivity contribution in [2.24, 2.45) is 5.73 Å². The van der Waals surface area contributed by atoms with E-state index in [1.807, 2.05) is 24.3 Å². The monoisotopic (exact) mass is 309 g/mol. The summed E-state index contributed by atoms with van der Waals surface area (Å²) < 4.78 is 14.5. The average molecular weight is 310 g/mol. The SMILES string of the molecule is CN(c1ccccc1CN)c1ncc(Br)cc1F. The maximum atomic E-state index is 13.9. The minimum absolute atomic E-state index is 0.277. The predicted molar refractivity (Wildman–Crippen MR) is 74.3 cm³/mol. The number of para-hydroxylation sites is 1. The molecule has 1 aromatic carbocycles. The molecule has 2 rings (SSSR count). The minimum Gasteiger partial charge on any atom is -0.327 e. The molecule has 0 aliphatic carbocycles. The van der Waals surface area contributed by atoms with Crippen LogP contribution in [0.4, 0.5) is 15.9 Å². The summed E-state index contributed by atoms with van der Waals surface area (Å²) in [7, 11) is 1.77. The summed E-state index contributed by atoms with van der Waals surface area (Å²) in [6.07, 6.45) is 1.57. The number of rotatable bonds is 3. The van der Waals surface area contributed by atoms with Gasteiger partial charge in [-0.1, -0.05) is 18.2 Å². The number of nitrogens with zero attached hydrogens (tertiary/aromatic N) is 2. The highest BCUT2D eigenvalue weighted by atomic mass is 79.9. The van der Waals surface area contributed by atoms with E-state index >= 15 is 0 Å². The molecule has 0 aliphatic rings. The summed E-state index contributed by atoms with van der Waals surface area (Å²) in [5.41, 5.74) is 7.48. The molecule has 18 heavy (non-hydrogen) atoms. The standard InChI is InChI=1S/C13H13BrFN3/c1-18(12-5-3-2-4-9(12)7-16)13-11(15)6-10(14)8-17-13/h2-6,8H,7,16H2,1H3. The highest BCUT2D eigenvalue weighted by Crippen LogP contribution is 2.28. The van der Waals surface area contributed by atoms with Crippen LogP contribution in [0, 0.1) is 5.82 Å². The molecule has 0 amide bonds. The number of hydrogen-bond acceptors (Lipinski definition) is 3. The van der Waals surface area contributed by atoms with Crippen molar-refractivity contribution in [2.45, 2.75) is 6.54 Å². The Labute approximate surface area is 114 Å². The summed E-state index contributed by atoms with van der Waals surface area (Å²) in [6.45, 7) is 0.401. The summed E-state index contributed by atoms with van der Waals surface area (Å²) in [4.78, 5) is 5.79. The zero-order chi connectivity index (χ0) is 13.1. The first-order valence-corrected chi connectivity index (χ1v) is 6.25. The van der Waals surface area contributed by atoms with Gasteiger partial charge in [0.25, 0.3) is 0 Å². The Morgan fingerprint density at radius 1 is 1.39 bits per heavy atom. The zero-order valence-electron chi connectivity index (χ0n) is 9.90. The number of nitrogens with two attached hydrogens (primary N) is 1. The van der Waals surface area contributed by atoms with Gasteiger partial charge in [0.2, 0.25) is 0 Å². The van der Waals surface area contributed by atoms with Gasteiger partial charge < -0.3 is 10.6 Å². The molecule has 1 aromatic heterocycles. The normalized spacial score (nSPS) is 10.4. The summed E-state index contributed by atoms with van der Waals surface area (Å²) in [5, 5.41) is 0. The Bertz CT molecular complexity index is 560. The van der Waals surface area contributed by atoms with Crippen molar-refractivity contribution < 1.29 is 4.39 Å². The van der Waals surface area contributed by atoms with E-state index in [4.69, 9.17) is 5.73 Å². The second-order valence-corrected chi connectivity index (χ2v) is 4.77. The van der Waals surface area contributed by atoms with E-state index in [0.717, 1.165) is 11.3 Å². The van der Waals surface area contributed by atoms with Gasteiger partial charge in [-0.3, -0.25) is 0 Å². The van der Waals surface area contributed by atoms with E-state index in [2.05, 4.69) is 20.9 Å². The number of pyridine rings is 1. The van der Waals surface area contributed by atoms with E-state index in [0.29, 0.717) is 11.0 Å². The number of hydrogen-bond donors (Lipinski definition) is 1. The molecule has 94 valence electrons. The lowest BCUT2D eigenvalue weighted by Crippen LogP contribution is -2.16. The van der Waals surface area contributed by atoms with E-state index < -0.39 is 0 Å². The average Bonchev–Trinajstić information content (AvgIpc) is 2.38. The van der Waals surface area contributed by atoms with Crippen LogP contribution in [0.2, 0.25) is 0 Å². The van der Waals surface area contributed by atoms with Crippen LogP contribution in [-0.2, 0) is 6.54 Å². The lowest BCUT2D eigenvalue weighted by atomic mass is 10.1. The van der Waals surface area contributed by atoms with Crippen molar-refractivity contribution in [3.05, 3.63) is 52.4 Å². The fraction of sp³-hybridized carbons (Fsp3) is 0.154. The van der Waals surface area contributed by atoms with Gasteiger partial charge in [0, 0.05) is 29.9 Å². The fourth-order valence-corrected chi connectivity index (χ4v) is 2.08. The van der Waals surface area contributed by atoms with Crippen LogP contribution in [0.25, 0.3) is 0 Å². The molecule has 0 spiro atoms. The molecule has 0 aliphatic heterocycles. The quantitative estimate of drug-likeness (QED) is 0.946. The summed E-state index contributed by atoms with van der Waals surface area (Å²) in [5.74, 6) is -0.0993. The van der Waals surface area contributed by atoms with E-state index in [1.54, 1.807) is 18.1 Å². The molecule has 0 bridgehead atoms. The molecule has 2 N–H and O–H groups in total. The van der Waals surface area contributed by atoms with Gasteiger partial charge in [-0.2, -0.15) is 0 Å². The molecule has 0 fully saturated rings. The highest BCUT2D eigenvalue weighted by Gasteiger charge is 2.13. The van der Waals surface area contributed by atoms with E-state index in [9.17, 15) is 4.39 Å². The number of aromatic nitrogens is 1. The third-order valence-corrected chi connectivity index (χ3v) is 3.11. The van der Waals surface area contributed by atoms with Crippen molar-refractivity contribution in [3.8, 4) is 0 Å². The van der Waals surface area contributed by atoms with Crippen LogP contribution in [0.1, 0.15) is 5.56 Å². The van der Waals surface area contributed by atoms with Gasteiger partial charge >= 0.3 is 0 Å². The van der Waals surface area contributed by atoms with Crippen LogP contribution in [0.15, 0.2) is 41.0 Å². The molecular formula is C13H13BrFN3. The van der Waals surface area contributed by atoms with Crippen molar-refractivity contribution >= 4 is 27.4 Å². The van der Waals surface area contributed by atoms with Crippen LogP contribution >= 0.6 is 15.9 Å². The highest BCUT2D eigenvalue weighted by molar-refractivity contribution is 9.10. The zero-order valence-corrected chi connectivity index (χ0v) is 11.5. The van der Waals surface area contributed by atoms with Gasteiger partial charge in [-0.05, 0) is 33.6 Å². The Hall–Kier alpha value is -1.46. The molecule has 5 heteroatoms. The van der Waals surface area contributed by atoms with Crippen LogP contribution < -0.4 is 10.6 Å². The third-order valence-electron chi connectivity index (χ3n) is 2.68. The first-order valence-electron chi connectivity index (χ1n) is 5.46. The summed E-state index contributed by atoms with van der Waals surface area (Å²) in [6, 6.07) is 9.00. The van der Waals surface area contributed by atoms with Crippen molar-refractivity contribution in [2.75, 3.05) is 11.9 Å². The van der Waals surface area contributed by atoms with Gasteiger partial charge in [0.15, 0.2) is 11.6 Å². The van der Waals surface area contributed by atoms with Gasteiger partial charge in [-0.15, -0.1) is 0 Å². The first-order chi connectivity index (χ1) is 8.63. The molecule has 0 radical (unpaired) electrons. The summed E-state index contributed by atoms with van der Waals surface area (Å²) >= 11 is 3.19. The topological polar surface area (TPSA) is 42.1 Å². The lowest BCUT2D eigenvalue weighted by Gasteiger charge is -2.21. The molecule has 0 saturated heterocycles. The smallest absolute Gasteiger partial charge is 0.169 e. The molecule has 0 atom stereocenters. The van der Waals surface area contributed by atoms with Gasteiger partial charge in [0.1, 0.15) is 0 Å². The molecule has 1 heterocycles. The number of halogens is 2. The van der Waals surface area contributed by atoms with Crippen LogP contribution in [0.5, 0.6) is 0 Å². The molecule has 0 unspecified atom stereocenters. The predicted octanol–water partition coefficient (Wildman–Crippen LogP) is 3.21. The van der Waals surface area contributed by atoms with Gasteiger partial charge in [0.05, 0.1) is 0 Å². The molecular weight excluding hydrogens is 297 g/mol. The van der Waals surface area contributed by atoms with Gasteiger partial charge in [-0.25, -0.2) is 9.37 Å². The number of anilines is 2. The Morgan fingerprint density at radius 3 is 2.78 bits per heavy atom. The van der Waals surface area contributed by atoms with Crippen molar-refractivity contribution in [1.82, 2.24) is 4.98 Å². The minimum atomic E-state index is -0.376. The maximum absolute atomic E-state index is 13.9. The fourth-order valence-electron chi connectivity index (χ4n) is 1.78. The van der Waals surface area contributed by atoms with E-state index in [-0.39, 0.29) is 11.6 Å². The third kappa shape index (κ3) is 2.52. The molecule has 2 aromatic rings. The van der Waals surface area contributed by atoms with Crippen LogP contribution in [0.3, 0.4) is 0 Å². The first kappa shape index (κ1) is 13.0. The van der Waals surface area contributed by atoms with Crippen LogP contribution in [-0.4, -0.2) is 12.0 Å². The largest absolute Gasteiger partial charge is 0.327 e. The number of benzene rings is 1. The second kappa shape index (κ2) is 5.46. The van der Waals surface area contributed by atoms with Crippen molar-refractivity contribution in [3.63, 3.8) is 0 Å². The Balaban J connectivity index is 2.44. The van der Waals surface area contributed by atoms with Crippen molar-refractivity contribution in [1.29, 1.82) is 0 Å². The molecule has 0 saturated carbocycles. The Morgan fingerprint density at radius 2 is 2.11 bits per heavy atom. The maximum Gasteiger partial charge on any atom is 0.169 e. The Kier molecular flexibility index (Phi) is 3.93. The molecule has 3 nitrogen and oxygen atoms in total. The van der Waals surface area contributed by atoms with E-state index in [1.165, 1.54) is 6.07 Å². The second-order valence-electron chi connectivity index (χ2n) is 3.85.